The molecule has 3 atom stereocenters. The number of benzene rings is 1. The number of allylic oxidation sites excluding steroid dienone is 2. The van der Waals surface area contributed by atoms with Crippen LogP contribution in [0, 0.1) is 16.6 Å². The van der Waals surface area contributed by atoms with Gasteiger partial charge in [0, 0.05) is 11.6 Å². The fraction of sp³-hybridized carbons (Fsp3) is 0.278. The minimum atomic E-state index is 0.393. The summed E-state index contributed by atoms with van der Waals surface area (Å²) < 4.78 is 2.86. The predicted octanol–water partition coefficient (Wildman–Crippen LogP) is 4.13. The van der Waals surface area contributed by atoms with Crippen LogP contribution in [-0.2, 0) is 0 Å². The first-order chi connectivity index (χ1) is 11.8. The summed E-state index contributed by atoms with van der Waals surface area (Å²) in [5, 5.41) is 15.0. The SMILES string of the molecule is S=c1[nH]nc(-c2cc(-c3ccccc3)n[nH]2)n1[C@H]1C[C@@H]2C=C[C@H]1C2. The molecule has 1 fully saturated rings. The molecule has 2 heterocycles. The Morgan fingerprint density at radius 1 is 1.04 bits per heavy atom. The van der Waals surface area contributed by atoms with Crippen molar-refractivity contribution in [1.29, 1.82) is 0 Å². The summed E-state index contributed by atoms with van der Waals surface area (Å²) in [4.78, 5) is 0. The molecule has 5 rings (SSSR count). The summed E-state index contributed by atoms with van der Waals surface area (Å²) in [6.07, 6.45) is 7.05. The van der Waals surface area contributed by atoms with Crippen LogP contribution in [0.15, 0.2) is 48.6 Å². The molecule has 24 heavy (non-hydrogen) atoms. The van der Waals surface area contributed by atoms with Crippen molar-refractivity contribution in [1.82, 2.24) is 25.0 Å². The highest BCUT2D eigenvalue weighted by Crippen LogP contribution is 2.47. The number of aromatic amines is 2. The molecule has 0 saturated heterocycles. The Bertz CT molecular complexity index is 965. The van der Waals surface area contributed by atoms with Gasteiger partial charge in [-0.05, 0) is 43.0 Å². The normalized spacial score (nSPS) is 24.8. The maximum atomic E-state index is 5.51. The molecular weight excluding hydrogens is 318 g/mol. The van der Waals surface area contributed by atoms with Gasteiger partial charge in [-0.3, -0.25) is 14.8 Å². The van der Waals surface area contributed by atoms with Crippen molar-refractivity contribution in [2.24, 2.45) is 11.8 Å². The number of H-pyrrole nitrogens is 2. The van der Waals surface area contributed by atoms with Crippen LogP contribution in [-0.4, -0.2) is 25.0 Å². The van der Waals surface area contributed by atoms with Gasteiger partial charge in [-0.1, -0.05) is 42.5 Å². The van der Waals surface area contributed by atoms with Crippen LogP contribution in [0.5, 0.6) is 0 Å². The molecule has 0 spiro atoms. The molecule has 0 unspecified atom stereocenters. The minimum absolute atomic E-state index is 0.393. The predicted molar refractivity (Wildman–Crippen MR) is 94.8 cm³/mol. The molecule has 3 aromatic rings. The van der Waals surface area contributed by atoms with Gasteiger partial charge in [0.15, 0.2) is 10.6 Å². The van der Waals surface area contributed by atoms with Crippen molar-refractivity contribution >= 4 is 12.2 Å². The lowest BCUT2D eigenvalue weighted by Gasteiger charge is -2.20. The molecule has 5 nitrogen and oxygen atoms in total. The molecule has 0 radical (unpaired) electrons. The summed E-state index contributed by atoms with van der Waals surface area (Å²) in [5.74, 6) is 2.10. The van der Waals surface area contributed by atoms with Gasteiger partial charge >= 0.3 is 0 Å². The molecule has 2 aliphatic carbocycles. The molecule has 1 aromatic carbocycles. The first kappa shape index (κ1) is 13.9. The molecule has 0 aliphatic heterocycles. The summed E-state index contributed by atoms with van der Waals surface area (Å²) >= 11 is 5.51. The fourth-order valence-electron chi connectivity index (χ4n) is 4.04. The van der Waals surface area contributed by atoms with Crippen LogP contribution in [0.25, 0.3) is 22.8 Å². The van der Waals surface area contributed by atoms with E-state index in [-0.39, 0.29) is 0 Å². The first-order valence-electron chi connectivity index (χ1n) is 8.26. The number of nitrogens with zero attached hydrogens (tertiary/aromatic N) is 3. The van der Waals surface area contributed by atoms with Crippen molar-refractivity contribution in [2.45, 2.75) is 18.9 Å². The van der Waals surface area contributed by atoms with Crippen molar-refractivity contribution in [3.63, 3.8) is 0 Å². The first-order valence-corrected chi connectivity index (χ1v) is 8.67. The quantitative estimate of drug-likeness (QED) is 0.559. The van der Waals surface area contributed by atoms with Crippen molar-refractivity contribution in [2.75, 3.05) is 0 Å². The number of fused-ring (bicyclic) bond motifs is 2. The third-order valence-electron chi connectivity index (χ3n) is 5.17. The highest BCUT2D eigenvalue weighted by Gasteiger charge is 2.38. The van der Waals surface area contributed by atoms with E-state index >= 15 is 0 Å². The Labute approximate surface area is 144 Å². The second-order valence-electron chi connectivity index (χ2n) is 6.60. The lowest BCUT2D eigenvalue weighted by Crippen LogP contribution is -2.15. The van der Waals surface area contributed by atoms with Gasteiger partial charge in [0.25, 0.3) is 0 Å². The topological polar surface area (TPSA) is 62.3 Å². The number of hydrogen-bond acceptors (Lipinski definition) is 3. The fourth-order valence-corrected chi connectivity index (χ4v) is 4.31. The van der Waals surface area contributed by atoms with Crippen molar-refractivity contribution in [3.8, 4) is 22.8 Å². The molecule has 120 valence electrons. The largest absolute Gasteiger partial charge is 0.295 e. The van der Waals surface area contributed by atoms with Gasteiger partial charge in [0.05, 0.1) is 5.69 Å². The number of hydrogen-bond donors (Lipinski definition) is 2. The van der Waals surface area contributed by atoms with Crippen LogP contribution in [0.1, 0.15) is 18.9 Å². The zero-order valence-corrected chi connectivity index (χ0v) is 13.8. The van der Waals surface area contributed by atoms with Gasteiger partial charge in [-0.2, -0.15) is 10.2 Å². The lowest BCUT2D eigenvalue weighted by atomic mass is 10.0. The molecule has 0 amide bonds. The Morgan fingerprint density at radius 2 is 1.92 bits per heavy atom. The van der Waals surface area contributed by atoms with Gasteiger partial charge in [-0.25, -0.2) is 0 Å². The summed E-state index contributed by atoms with van der Waals surface area (Å²) in [7, 11) is 0. The van der Waals surface area contributed by atoms with E-state index in [1.165, 1.54) is 6.42 Å². The van der Waals surface area contributed by atoms with Gasteiger partial charge in [0.2, 0.25) is 0 Å². The zero-order valence-electron chi connectivity index (χ0n) is 13.0. The maximum absolute atomic E-state index is 5.51. The van der Waals surface area contributed by atoms with Gasteiger partial charge in [-0.15, -0.1) is 0 Å². The lowest BCUT2D eigenvalue weighted by molar-refractivity contribution is 0.431. The second-order valence-corrected chi connectivity index (χ2v) is 6.99. The summed E-state index contributed by atoms with van der Waals surface area (Å²) in [5.41, 5.74) is 2.90. The van der Waals surface area contributed by atoms with E-state index in [0.717, 1.165) is 29.2 Å². The van der Waals surface area contributed by atoms with Crippen molar-refractivity contribution < 1.29 is 0 Å². The maximum Gasteiger partial charge on any atom is 0.195 e. The molecule has 1 saturated carbocycles. The second kappa shape index (κ2) is 5.27. The number of nitrogens with one attached hydrogen (secondary N) is 2. The van der Waals surface area contributed by atoms with Gasteiger partial charge < -0.3 is 0 Å². The van der Waals surface area contributed by atoms with Gasteiger partial charge in [0.1, 0.15) is 5.69 Å². The minimum Gasteiger partial charge on any atom is -0.295 e. The third kappa shape index (κ3) is 2.10. The molecule has 2 aliphatic rings. The van der Waals surface area contributed by atoms with Crippen LogP contribution in [0.4, 0.5) is 0 Å². The monoisotopic (exact) mass is 335 g/mol. The smallest absolute Gasteiger partial charge is 0.195 e. The summed E-state index contributed by atoms with van der Waals surface area (Å²) in [6.45, 7) is 0. The number of rotatable bonds is 3. The average molecular weight is 335 g/mol. The highest BCUT2D eigenvalue weighted by molar-refractivity contribution is 7.71. The highest BCUT2D eigenvalue weighted by atomic mass is 32.1. The molecule has 2 aromatic heterocycles. The van der Waals surface area contributed by atoms with E-state index in [1.807, 2.05) is 24.3 Å². The van der Waals surface area contributed by atoms with Crippen molar-refractivity contribution in [3.05, 3.63) is 53.3 Å². The average Bonchev–Trinajstić information content (AvgIpc) is 3.38. The standard InChI is InChI=1S/C18H17N5S/c24-18-22-21-17(23(18)16-9-11-6-7-13(16)8-11)15-10-14(19-20-15)12-4-2-1-3-5-12/h1-7,10-11,13,16H,8-9H2,(H,19,20)(H,22,24)/t11-,13+,16+/m1/s1. The van der Waals surface area contributed by atoms with Crippen LogP contribution < -0.4 is 0 Å². The van der Waals surface area contributed by atoms with Crippen LogP contribution in [0.2, 0.25) is 0 Å². The number of aromatic nitrogens is 5. The Kier molecular flexibility index (Phi) is 3.06. The van der Waals surface area contributed by atoms with Crippen LogP contribution >= 0.6 is 12.2 Å². The molecule has 2 bridgehead atoms. The Hall–Kier alpha value is -2.47. The van der Waals surface area contributed by atoms with E-state index in [1.54, 1.807) is 0 Å². The zero-order chi connectivity index (χ0) is 16.1. The summed E-state index contributed by atoms with van der Waals surface area (Å²) in [6, 6.07) is 12.6. The molecule has 2 N–H and O–H groups in total. The Balaban J connectivity index is 1.56. The van der Waals surface area contributed by atoms with E-state index < -0.39 is 0 Å². The molecule has 6 heteroatoms. The Morgan fingerprint density at radius 3 is 2.67 bits per heavy atom. The van der Waals surface area contributed by atoms with E-state index in [0.29, 0.717) is 22.6 Å². The third-order valence-corrected chi connectivity index (χ3v) is 5.46. The van der Waals surface area contributed by atoms with E-state index in [9.17, 15) is 0 Å². The van der Waals surface area contributed by atoms with Crippen LogP contribution in [0.3, 0.4) is 0 Å². The molecular formula is C18H17N5S. The van der Waals surface area contributed by atoms with E-state index in [4.69, 9.17) is 12.2 Å². The van der Waals surface area contributed by atoms with E-state index in [2.05, 4.69) is 49.2 Å².